The molecule has 3 aromatic carbocycles. The van der Waals surface area contributed by atoms with Gasteiger partial charge in [-0.25, -0.2) is 17.6 Å². The molecule has 0 N–H and O–H groups in total. The van der Waals surface area contributed by atoms with Crippen molar-refractivity contribution in [2.75, 3.05) is 13.2 Å². The van der Waals surface area contributed by atoms with Crippen LogP contribution < -0.4 is 0 Å². The van der Waals surface area contributed by atoms with Crippen molar-refractivity contribution >= 4 is 0 Å². The van der Waals surface area contributed by atoms with Crippen molar-refractivity contribution in [1.29, 1.82) is 0 Å². The fraction of sp³-hybridized carbons (Fsp3) is 0.355. The van der Waals surface area contributed by atoms with Gasteiger partial charge in [0.15, 0.2) is 29.6 Å². The highest BCUT2D eigenvalue weighted by atomic mass is 19.2. The molecule has 0 bridgehead atoms. The van der Waals surface area contributed by atoms with Crippen LogP contribution in [0.3, 0.4) is 0 Å². The molecular weight excluding hydrogens is 480 g/mol. The largest absolute Gasteiger partial charge is 0.348 e. The summed E-state index contributed by atoms with van der Waals surface area (Å²) >= 11 is 0. The highest BCUT2D eigenvalue weighted by Gasteiger charge is 2.28. The molecule has 0 amide bonds. The van der Waals surface area contributed by atoms with Crippen molar-refractivity contribution in [1.82, 2.24) is 0 Å². The predicted octanol–water partition coefficient (Wildman–Crippen LogP) is 8.94. The minimum absolute atomic E-state index is 0.0190. The van der Waals surface area contributed by atoms with Crippen LogP contribution in [0.1, 0.15) is 56.9 Å². The summed E-state index contributed by atoms with van der Waals surface area (Å²) in [6.07, 6.45) is 7.08. The van der Waals surface area contributed by atoms with Gasteiger partial charge in [-0.05, 0) is 49.3 Å². The third-order valence-electron chi connectivity index (χ3n) is 6.78. The molecule has 3 aromatic rings. The monoisotopic (exact) mass is 512 g/mol. The average Bonchev–Trinajstić information content (AvgIpc) is 2.92. The Hall–Kier alpha value is -2.96. The second-order valence-electron chi connectivity index (χ2n) is 9.42. The number of halogens is 4. The fourth-order valence-electron chi connectivity index (χ4n) is 4.56. The predicted molar refractivity (Wildman–Crippen MR) is 138 cm³/mol. The van der Waals surface area contributed by atoms with Crippen LogP contribution >= 0.6 is 0 Å². The molecule has 1 aliphatic heterocycles. The number of rotatable bonds is 9. The quantitative estimate of drug-likeness (QED) is 0.210. The van der Waals surface area contributed by atoms with Gasteiger partial charge in [0.2, 0.25) is 0 Å². The lowest BCUT2D eigenvalue weighted by Crippen LogP contribution is -2.27. The Morgan fingerprint density at radius 1 is 0.784 bits per heavy atom. The second-order valence-corrected chi connectivity index (χ2v) is 9.42. The molecule has 1 saturated heterocycles. The van der Waals surface area contributed by atoms with Crippen molar-refractivity contribution in [2.24, 2.45) is 5.92 Å². The van der Waals surface area contributed by atoms with Crippen LogP contribution in [-0.4, -0.2) is 13.2 Å². The van der Waals surface area contributed by atoms with E-state index in [1.54, 1.807) is 36.4 Å². The molecular formula is C31H32F4O2. The van der Waals surface area contributed by atoms with Crippen LogP contribution in [0.2, 0.25) is 0 Å². The van der Waals surface area contributed by atoms with Crippen LogP contribution in [0.4, 0.5) is 17.6 Å². The molecule has 1 fully saturated rings. The molecule has 0 aliphatic carbocycles. The van der Waals surface area contributed by atoms with E-state index in [2.05, 4.69) is 6.08 Å². The van der Waals surface area contributed by atoms with Crippen molar-refractivity contribution in [3.8, 4) is 22.3 Å². The van der Waals surface area contributed by atoms with Gasteiger partial charge < -0.3 is 9.47 Å². The highest BCUT2D eigenvalue weighted by Crippen LogP contribution is 2.35. The smallest absolute Gasteiger partial charge is 0.186 e. The van der Waals surface area contributed by atoms with E-state index in [-0.39, 0.29) is 22.6 Å². The molecule has 196 valence electrons. The lowest BCUT2D eigenvalue weighted by atomic mass is 9.97. The molecule has 1 heterocycles. The van der Waals surface area contributed by atoms with Gasteiger partial charge in [0.1, 0.15) is 0 Å². The molecule has 37 heavy (non-hydrogen) atoms. The first-order valence-corrected chi connectivity index (χ1v) is 12.8. The van der Waals surface area contributed by atoms with Gasteiger partial charge in [0.25, 0.3) is 0 Å². The van der Waals surface area contributed by atoms with E-state index in [0.29, 0.717) is 36.3 Å². The zero-order valence-electron chi connectivity index (χ0n) is 21.2. The maximum atomic E-state index is 15.1. The third kappa shape index (κ3) is 6.13. The van der Waals surface area contributed by atoms with Crippen molar-refractivity contribution in [2.45, 2.75) is 52.2 Å². The number of ether oxygens (including phenoxy) is 2. The average molecular weight is 513 g/mol. The van der Waals surface area contributed by atoms with E-state index in [1.165, 1.54) is 12.1 Å². The molecule has 0 unspecified atom stereocenters. The molecule has 2 nitrogen and oxygen atoms in total. The van der Waals surface area contributed by atoms with E-state index < -0.39 is 29.6 Å². The van der Waals surface area contributed by atoms with Gasteiger partial charge in [-0.15, -0.1) is 0 Å². The summed E-state index contributed by atoms with van der Waals surface area (Å²) in [6.45, 7) is 4.80. The van der Waals surface area contributed by atoms with Gasteiger partial charge >= 0.3 is 0 Å². The Morgan fingerprint density at radius 3 is 1.97 bits per heavy atom. The van der Waals surface area contributed by atoms with Crippen LogP contribution in [0, 0.1) is 29.2 Å². The van der Waals surface area contributed by atoms with Crippen molar-refractivity contribution < 1.29 is 27.0 Å². The van der Waals surface area contributed by atoms with Gasteiger partial charge in [0.05, 0.1) is 13.2 Å². The maximum absolute atomic E-state index is 15.1. The Labute approximate surface area is 215 Å². The Balaban J connectivity index is 1.49. The molecule has 0 radical (unpaired) electrons. The zero-order chi connectivity index (χ0) is 26.4. The van der Waals surface area contributed by atoms with Crippen LogP contribution in [0.25, 0.3) is 22.3 Å². The number of aryl methyl sites for hydroxylation is 1. The van der Waals surface area contributed by atoms with E-state index in [1.807, 2.05) is 19.9 Å². The van der Waals surface area contributed by atoms with E-state index in [0.717, 1.165) is 25.7 Å². The molecule has 0 aromatic heterocycles. The summed E-state index contributed by atoms with van der Waals surface area (Å²) in [6, 6.07) is 12.4. The van der Waals surface area contributed by atoms with E-state index in [4.69, 9.17) is 9.47 Å². The first-order valence-electron chi connectivity index (χ1n) is 12.8. The van der Waals surface area contributed by atoms with Crippen LogP contribution in [0.5, 0.6) is 0 Å². The first kappa shape index (κ1) is 27.1. The molecule has 1 aliphatic rings. The Morgan fingerprint density at radius 2 is 1.38 bits per heavy atom. The summed E-state index contributed by atoms with van der Waals surface area (Å²) < 4.78 is 70.7. The lowest BCUT2D eigenvalue weighted by Gasteiger charge is -2.29. The number of benzene rings is 3. The summed E-state index contributed by atoms with van der Waals surface area (Å²) in [5, 5.41) is 0. The first-order chi connectivity index (χ1) is 17.9. The molecule has 0 saturated carbocycles. The summed E-state index contributed by atoms with van der Waals surface area (Å²) in [5.41, 5.74) is 1.43. The zero-order valence-corrected chi connectivity index (χ0v) is 21.2. The highest BCUT2D eigenvalue weighted by molar-refractivity contribution is 5.71. The normalized spacial score (nSPS) is 18.0. The van der Waals surface area contributed by atoms with Gasteiger partial charge in [-0.2, -0.15) is 0 Å². The summed E-state index contributed by atoms with van der Waals surface area (Å²) in [5.74, 6) is -3.56. The Kier molecular flexibility index (Phi) is 9.17. The maximum Gasteiger partial charge on any atom is 0.186 e. The number of unbranched alkanes of at least 4 members (excludes halogenated alkanes) is 1. The Bertz CT molecular complexity index is 1230. The van der Waals surface area contributed by atoms with Crippen LogP contribution in [-0.2, 0) is 15.9 Å². The lowest BCUT2D eigenvalue weighted by molar-refractivity contribution is -0.207. The summed E-state index contributed by atoms with van der Waals surface area (Å²) in [4.78, 5) is 0. The molecule has 0 spiro atoms. The SMILES string of the molecule is C/C=C/CCC1COC(c2ccc(-c3ccc(-c4ccc(CCCC)c(F)c4F)cc3)c(F)c2F)OC1. The second kappa shape index (κ2) is 12.5. The third-order valence-corrected chi connectivity index (χ3v) is 6.78. The van der Waals surface area contributed by atoms with E-state index >= 15 is 8.78 Å². The fourth-order valence-corrected chi connectivity index (χ4v) is 4.56. The number of hydrogen-bond acceptors (Lipinski definition) is 2. The topological polar surface area (TPSA) is 18.5 Å². The molecule has 4 rings (SSSR count). The minimum Gasteiger partial charge on any atom is -0.348 e. The van der Waals surface area contributed by atoms with Gasteiger partial charge in [0, 0.05) is 22.6 Å². The molecule has 0 atom stereocenters. The van der Waals surface area contributed by atoms with E-state index in [9.17, 15) is 8.78 Å². The van der Waals surface area contributed by atoms with Crippen molar-refractivity contribution in [3.63, 3.8) is 0 Å². The minimum atomic E-state index is -1.02. The van der Waals surface area contributed by atoms with Crippen LogP contribution in [0.15, 0.2) is 60.7 Å². The standard InChI is InChI=1S/C31H32F4O2/c1-3-5-7-8-20-18-36-31(37-19-20)26-17-16-25(29(34)30(26)35)22-12-10-21(11-13-22)24-15-14-23(9-6-4-2)27(32)28(24)33/h3,5,10-17,20,31H,4,6-9,18-19H2,1-2H3/b5-3+. The number of hydrogen-bond donors (Lipinski definition) is 0. The van der Waals surface area contributed by atoms with Gasteiger partial charge in [-0.3, -0.25) is 0 Å². The number of allylic oxidation sites excluding steroid dienone is 2. The van der Waals surface area contributed by atoms with Gasteiger partial charge in [-0.1, -0.05) is 74.0 Å². The molecule has 6 heteroatoms. The summed E-state index contributed by atoms with van der Waals surface area (Å²) in [7, 11) is 0. The van der Waals surface area contributed by atoms with Crippen molar-refractivity contribution in [3.05, 3.63) is 95.1 Å².